The molecule has 0 saturated carbocycles. The molecule has 0 atom stereocenters. The van der Waals surface area contributed by atoms with Crippen molar-refractivity contribution in [3.63, 3.8) is 0 Å². The second-order valence-electron chi connectivity index (χ2n) is 7.68. The van der Waals surface area contributed by atoms with Gasteiger partial charge in [-0.25, -0.2) is 9.67 Å². The summed E-state index contributed by atoms with van der Waals surface area (Å²) < 4.78 is 41.1. The Bertz CT molecular complexity index is 1280. The Morgan fingerprint density at radius 2 is 1.71 bits per heavy atom. The van der Waals surface area contributed by atoms with Crippen LogP contribution in [0.3, 0.4) is 0 Å². The lowest BCUT2D eigenvalue weighted by molar-refractivity contribution is -0.137. The minimum Gasteiger partial charge on any atom is -0.368 e. The minimum absolute atomic E-state index is 0.0434. The molecule has 0 N–H and O–H groups in total. The van der Waals surface area contributed by atoms with E-state index < -0.39 is 11.7 Å². The monoisotopic (exact) mass is 484 g/mol. The van der Waals surface area contributed by atoms with E-state index in [0.717, 1.165) is 17.8 Å². The summed E-state index contributed by atoms with van der Waals surface area (Å²) in [6, 6.07) is 12.3. The van der Waals surface area contributed by atoms with Gasteiger partial charge in [-0.2, -0.15) is 13.2 Å². The van der Waals surface area contributed by atoms with Crippen LogP contribution in [-0.4, -0.2) is 56.7 Å². The third-order valence-electron chi connectivity index (χ3n) is 5.55. The molecule has 0 unspecified atom stereocenters. The summed E-state index contributed by atoms with van der Waals surface area (Å²) in [5.74, 6) is -0.0656. The maximum Gasteiger partial charge on any atom is 0.416 e. The first-order valence-corrected chi connectivity index (χ1v) is 11.4. The second-order valence-corrected chi connectivity index (χ2v) is 8.63. The fourth-order valence-corrected chi connectivity index (χ4v) is 4.52. The van der Waals surface area contributed by atoms with Crippen molar-refractivity contribution in [2.75, 3.05) is 31.1 Å². The Morgan fingerprint density at radius 1 is 0.941 bits per heavy atom. The number of carbonyl (C=O) groups is 1. The van der Waals surface area contributed by atoms with Crippen molar-refractivity contribution in [3.8, 4) is 16.4 Å². The zero-order valence-electron chi connectivity index (χ0n) is 17.8. The number of pyridine rings is 1. The summed E-state index contributed by atoms with van der Waals surface area (Å²) in [6.07, 6.45) is -1.04. The molecule has 5 rings (SSSR count). The van der Waals surface area contributed by atoms with E-state index in [1.54, 1.807) is 23.4 Å². The normalized spacial score (nSPS) is 14.4. The van der Waals surface area contributed by atoms with E-state index in [1.807, 2.05) is 23.6 Å². The number of alkyl halides is 3. The molecular formula is C23H19F3N6OS. The summed E-state index contributed by atoms with van der Waals surface area (Å²) in [4.78, 5) is 26.2. The lowest BCUT2D eigenvalue weighted by Crippen LogP contribution is -2.49. The summed E-state index contributed by atoms with van der Waals surface area (Å²) in [6.45, 7) is 2.24. The lowest BCUT2D eigenvalue weighted by atomic mass is 10.2. The van der Waals surface area contributed by atoms with Crippen LogP contribution in [0.4, 0.5) is 18.9 Å². The van der Waals surface area contributed by atoms with Crippen LogP contribution in [0.5, 0.6) is 0 Å². The number of benzene rings is 1. The van der Waals surface area contributed by atoms with E-state index in [0.29, 0.717) is 36.9 Å². The molecule has 7 nitrogen and oxygen atoms in total. The number of amides is 1. The zero-order valence-corrected chi connectivity index (χ0v) is 18.6. The average Bonchev–Trinajstić information content (AvgIpc) is 3.54. The number of aromatic nitrogens is 4. The highest BCUT2D eigenvalue weighted by molar-refractivity contribution is 7.13. The first-order valence-electron chi connectivity index (χ1n) is 10.5. The largest absolute Gasteiger partial charge is 0.416 e. The maximum absolute atomic E-state index is 13.3. The van der Waals surface area contributed by atoms with Gasteiger partial charge in [0.15, 0.2) is 5.82 Å². The SMILES string of the molecule is O=C(c1nc(-c2cccs2)n(-c2cccc(C(F)(F)F)c2)n1)N1CCN(c2ccncc2)CC1. The van der Waals surface area contributed by atoms with Gasteiger partial charge in [-0.1, -0.05) is 12.1 Å². The van der Waals surface area contributed by atoms with E-state index in [1.165, 1.54) is 28.2 Å². The van der Waals surface area contributed by atoms with Gasteiger partial charge in [0.25, 0.3) is 5.91 Å². The molecule has 1 aromatic carbocycles. The molecule has 174 valence electrons. The smallest absolute Gasteiger partial charge is 0.368 e. The number of hydrogen-bond acceptors (Lipinski definition) is 6. The third-order valence-corrected chi connectivity index (χ3v) is 6.42. The number of thiophene rings is 1. The summed E-state index contributed by atoms with van der Waals surface area (Å²) in [5, 5.41) is 6.18. The molecule has 34 heavy (non-hydrogen) atoms. The first kappa shape index (κ1) is 22.1. The highest BCUT2D eigenvalue weighted by Crippen LogP contribution is 2.32. The van der Waals surface area contributed by atoms with E-state index >= 15 is 0 Å². The van der Waals surface area contributed by atoms with Gasteiger partial charge in [-0.15, -0.1) is 16.4 Å². The Labute approximate surface area is 197 Å². The van der Waals surface area contributed by atoms with E-state index in [9.17, 15) is 18.0 Å². The molecule has 1 saturated heterocycles. The van der Waals surface area contributed by atoms with E-state index in [2.05, 4.69) is 20.0 Å². The van der Waals surface area contributed by atoms with Crippen LogP contribution in [0.15, 0.2) is 66.3 Å². The molecule has 1 fully saturated rings. The molecule has 0 bridgehead atoms. The van der Waals surface area contributed by atoms with Gasteiger partial charge >= 0.3 is 6.18 Å². The van der Waals surface area contributed by atoms with Gasteiger partial charge in [0.2, 0.25) is 5.82 Å². The third kappa shape index (κ3) is 4.38. The van der Waals surface area contributed by atoms with Gasteiger partial charge in [-0.3, -0.25) is 9.78 Å². The van der Waals surface area contributed by atoms with Crippen LogP contribution in [0, 0.1) is 0 Å². The number of halogens is 3. The molecule has 1 aliphatic rings. The van der Waals surface area contributed by atoms with Gasteiger partial charge in [0.1, 0.15) is 0 Å². The summed E-state index contributed by atoms with van der Waals surface area (Å²) in [5.41, 5.74) is 0.430. The molecule has 3 aromatic heterocycles. The lowest BCUT2D eigenvalue weighted by Gasteiger charge is -2.35. The summed E-state index contributed by atoms with van der Waals surface area (Å²) >= 11 is 1.37. The number of hydrogen-bond donors (Lipinski definition) is 0. The average molecular weight is 485 g/mol. The Kier molecular flexibility index (Phi) is 5.78. The van der Waals surface area contributed by atoms with Crippen LogP contribution in [-0.2, 0) is 6.18 Å². The van der Waals surface area contributed by atoms with Crippen LogP contribution in [0.2, 0.25) is 0 Å². The number of nitrogens with zero attached hydrogens (tertiary/aromatic N) is 6. The van der Waals surface area contributed by atoms with Crippen molar-refractivity contribution in [2.45, 2.75) is 6.18 Å². The van der Waals surface area contributed by atoms with Crippen molar-refractivity contribution in [3.05, 3.63) is 77.7 Å². The van der Waals surface area contributed by atoms with Crippen LogP contribution in [0.25, 0.3) is 16.4 Å². The molecule has 0 radical (unpaired) electrons. The fourth-order valence-electron chi connectivity index (χ4n) is 3.83. The number of anilines is 1. The van der Waals surface area contributed by atoms with Crippen molar-refractivity contribution in [1.82, 2.24) is 24.6 Å². The number of carbonyl (C=O) groups excluding carboxylic acids is 1. The molecule has 0 aliphatic carbocycles. The predicted octanol–water partition coefficient (Wildman–Crippen LogP) is 4.37. The Hall–Kier alpha value is -3.73. The predicted molar refractivity (Wildman–Crippen MR) is 122 cm³/mol. The number of piperazine rings is 1. The van der Waals surface area contributed by atoms with Crippen molar-refractivity contribution in [1.29, 1.82) is 0 Å². The van der Waals surface area contributed by atoms with Gasteiger partial charge in [0.05, 0.1) is 16.1 Å². The molecular weight excluding hydrogens is 465 g/mol. The minimum atomic E-state index is -4.49. The standard InChI is InChI=1S/C23H19F3N6OS/c24-23(25,26)16-3-1-4-18(15-16)32-21(19-5-2-14-34-19)28-20(29-32)22(33)31-12-10-30(11-13-31)17-6-8-27-9-7-17/h1-9,14-15H,10-13H2. The van der Waals surface area contributed by atoms with Crippen LogP contribution < -0.4 is 4.90 Å². The Balaban J connectivity index is 1.43. The zero-order chi connectivity index (χ0) is 23.7. The second kappa shape index (κ2) is 8.90. The molecule has 1 amide bonds. The van der Waals surface area contributed by atoms with Crippen molar-refractivity contribution in [2.24, 2.45) is 0 Å². The quantitative estimate of drug-likeness (QED) is 0.430. The maximum atomic E-state index is 13.3. The number of rotatable bonds is 4. The molecule has 4 heterocycles. The first-order chi connectivity index (χ1) is 16.4. The molecule has 11 heteroatoms. The fraction of sp³-hybridized carbons (Fsp3) is 0.217. The van der Waals surface area contributed by atoms with Crippen molar-refractivity contribution >= 4 is 22.9 Å². The molecule has 0 spiro atoms. The highest BCUT2D eigenvalue weighted by atomic mass is 32.1. The van der Waals surface area contributed by atoms with E-state index in [4.69, 9.17) is 0 Å². The van der Waals surface area contributed by atoms with Crippen LogP contribution in [0.1, 0.15) is 16.2 Å². The Morgan fingerprint density at radius 3 is 2.38 bits per heavy atom. The van der Waals surface area contributed by atoms with E-state index in [-0.39, 0.29) is 17.4 Å². The van der Waals surface area contributed by atoms with Crippen molar-refractivity contribution < 1.29 is 18.0 Å². The molecule has 4 aromatic rings. The van der Waals surface area contributed by atoms with Gasteiger partial charge in [-0.05, 0) is 41.8 Å². The van der Waals surface area contributed by atoms with Gasteiger partial charge < -0.3 is 9.80 Å². The van der Waals surface area contributed by atoms with Gasteiger partial charge in [0, 0.05) is 44.3 Å². The highest BCUT2D eigenvalue weighted by Gasteiger charge is 2.31. The summed E-state index contributed by atoms with van der Waals surface area (Å²) in [7, 11) is 0. The topological polar surface area (TPSA) is 67.2 Å². The molecule has 1 aliphatic heterocycles. The van der Waals surface area contributed by atoms with Crippen LogP contribution >= 0.6 is 11.3 Å².